The van der Waals surface area contributed by atoms with Gasteiger partial charge in [-0.15, -0.1) is 0 Å². The number of nitrogens with zero attached hydrogens (tertiary/aromatic N) is 6. The van der Waals surface area contributed by atoms with Gasteiger partial charge in [0.15, 0.2) is 5.82 Å². The number of rotatable bonds is 7. The van der Waals surface area contributed by atoms with E-state index < -0.39 is 6.43 Å². The number of benzene rings is 1. The quantitative estimate of drug-likeness (QED) is 0.464. The van der Waals surface area contributed by atoms with Crippen LogP contribution in [0.5, 0.6) is 0 Å². The summed E-state index contributed by atoms with van der Waals surface area (Å²) in [6.07, 6.45) is 1.78. The van der Waals surface area contributed by atoms with Crippen LogP contribution in [0.3, 0.4) is 0 Å². The Morgan fingerprint density at radius 1 is 1.03 bits per heavy atom. The lowest BCUT2D eigenvalue weighted by Gasteiger charge is -2.34. The van der Waals surface area contributed by atoms with Crippen molar-refractivity contribution in [2.24, 2.45) is 5.92 Å². The third-order valence-electron chi connectivity index (χ3n) is 8.13. The van der Waals surface area contributed by atoms with Crippen LogP contribution in [-0.4, -0.2) is 82.2 Å². The Labute approximate surface area is 227 Å². The summed E-state index contributed by atoms with van der Waals surface area (Å²) in [6, 6.07) is 9.51. The molecule has 3 aromatic rings. The molecular formula is C28H37F2N7O2. The number of nitrogens with one attached hydrogen (secondary N) is 1. The third kappa shape index (κ3) is 5.71. The Bertz CT molecular complexity index is 1290. The molecule has 1 N–H and O–H groups in total. The molecule has 1 aliphatic carbocycles. The van der Waals surface area contributed by atoms with Crippen LogP contribution in [0.4, 0.5) is 20.5 Å². The van der Waals surface area contributed by atoms with E-state index >= 15 is 0 Å². The highest BCUT2D eigenvalue weighted by Gasteiger charge is 2.35. The lowest BCUT2D eigenvalue weighted by atomic mass is 9.85. The fourth-order valence-corrected chi connectivity index (χ4v) is 6.02. The van der Waals surface area contributed by atoms with E-state index in [4.69, 9.17) is 19.4 Å². The topological polar surface area (TPSA) is 80.6 Å². The van der Waals surface area contributed by atoms with Crippen LogP contribution in [0.1, 0.15) is 51.8 Å². The van der Waals surface area contributed by atoms with Gasteiger partial charge in [0.25, 0.3) is 6.43 Å². The normalized spacial score (nSPS) is 24.1. The van der Waals surface area contributed by atoms with Gasteiger partial charge < -0.3 is 19.7 Å². The first-order valence-electron chi connectivity index (χ1n) is 14.0. The zero-order valence-electron chi connectivity index (χ0n) is 22.7. The van der Waals surface area contributed by atoms with Crippen molar-refractivity contribution >= 4 is 22.8 Å². The van der Waals surface area contributed by atoms with Crippen LogP contribution in [0.15, 0.2) is 30.3 Å². The fourth-order valence-electron chi connectivity index (χ4n) is 6.02. The molecule has 2 saturated heterocycles. The summed E-state index contributed by atoms with van der Waals surface area (Å²) in [5.74, 6) is 1.72. The maximum Gasteiger partial charge on any atom is 0.296 e. The van der Waals surface area contributed by atoms with Crippen LogP contribution in [0.2, 0.25) is 0 Å². The molecule has 6 rings (SSSR count). The highest BCUT2D eigenvalue weighted by Crippen LogP contribution is 2.33. The summed E-state index contributed by atoms with van der Waals surface area (Å²) in [4.78, 5) is 18.3. The van der Waals surface area contributed by atoms with E-state index in [1.54, 1.807) is 24.3 Å². The molecule has 2 aromatic heterocycles. The third-order valence-corrected chi connectivity index (χ3v) is 8.13. The number of hydrogen-bond acceptors (Lipinski definition) is 8. The Hall–Kier alpha value is -2.89. The van der Waals surface area contributed by atoms with Crippen molar-refractivity contribution in [3.63, 3.8) is 0 Å². The van der Waals surface area contributed by atoms with Crippen LogP contribution in [-0.2, 0) is 9.47 Å². The molecule has 0 bridgehead atoms. The van der Waals surface area contributed by atoms with Crippen LogP contribution in [0.25, 0.3) is 16.9 Å². The molecule has 3 fully saturated rings. The number of para-hydroxylation sites is 2. The molecule has 0 atom stereocenters. The van der Waals surface area contributed by atoms with Crippen molar-refractivity contribution in [3.05, 3.63) is 36.2 Å². The summed E-state index contributed by atoms with van der Waals surface area (Å²) in [5, 5.41) is 3.45. The second-order valence-corrected chi connectivity index (χ2v) is 11.4. The highest BCUT2D eigenvalue weighted by atomic mass is 19.3. The zero-order valence-corrected chi connectivity index (χ0v) is 22.7. The van der Waals surface area contributed by atoms with Crippen molar-refractivity contribution in [1.82, 2.24) is 24.4 Å². The van der Waals surface area contributed by atoms with E-state index in [1.807, 2.05) is 6.07 Å². The SMILES string of the molecule is CC1(C)CN([C@H]2CC[C@H](CNc3nc(N4CCOCC4)cc(-n4c(C(F)F)nc5ccccc54)n3)CC2)CO1. The average Bonchev–Trinajstić information content (AvgIpc) is 3.53. The minimum absolute atomic E-state index is 0.0658. The van der Waals surface area contributed by atoms with Gasteiger partial charge in [-0.05, 0) is 57.6 Å². The lowest BCUT2D eigenvalue weighted by molar-refractivity contribution is 0.0242. The lowest BCUT2D eigenvalue weighted by Crippen LogP contribution is -2.39. The van der Waals surface area contributed by atoms with Gasteiger partial charge in [-0.1, -0.05) is 12.1 Å². The summed E-state index contributed by atoms with van der Waals surface area (Å²) in [7, 11) is 0. The summed E-state index contributed by atoms with van der Waals surface area (Å²) >= 11 is 0. The Balaban J connectivity index is 1.22. The van der Waals surface area contributed by atoms with E-state index in [9.17, 15) is 8.78 Å². The minimum Gasteiger partial charge on any atom is -0.378 e. The summed E-state index contributed by atoms with van der Waals surface area (Å²) in [6.45, 7) is 9.31. The first-order chi connectivity index (χ1) is 18.9. The molecule has 11 heteroatoms. The molecule has 3 aliphatic rings. The number of morpholine rings is 1. The largest absolute Gasteiger partial charge is 0.378 e. The van der Waals surface area contributed by atoms with Gasteiger partial charge in [-0.2, -0.15) is 9.97 Å². The summed E-state index contributed by atoms with van der Waals surface area (Å²) in [5.41, 5.74) is 1.04. The highest BCUT2D eigenvalue weighted by molar-refractivity contribution is 5.78. The van der Waals surface area contributed by atoms with Crippen molar-refractivity contribution < 1.29 is 18.3 Å². The molecule has 0 spiro atoms. The molecule has 2 aliphatic heterocycles. The maximum absolute atomic E-state index is 14.1. The number of anilines is 2. The van der Waals surface area contributed by atoms with E-state index in [2.05, 4.69) is 33.9 Å². The summed E-state index contributed by atoms with van der Waals surface area (Å²) < 4.78 is 41.1. The monoisotopic (exact) mass is 541 g/mol. The van der Waals surface area contributed by atoms with Crippen LogP contribution in [0, 0.1) is 5.92 Å². The number of halogens is 2. The molecule has 4 heterocycles. The predicted octanol–water partition coefficient (Wildman–Crippen LogP) is 4.63. The Kier molecular flexibility index (Phi) is 7.39. The molecule has 0 radical (unpaired) electrons. The standard InChI is InChI=1S/C28H37F2N7O2/c1-28(2)17-36(18-39-28)20-9-7-19(8-10-20)16-31-27-33-23(35-11-13-38-14-12-35)15-24(34-27)37-22-6-4-3-5-21(22)32-26(37)25(29)30/h3-6,15,19-20,25H,7-14,16-18H2,1-2H3,(H,31,33,34)/t19-,20-. The number of fused-ring (bicyclic) bond motifs is 1. The Morgan fingerprint density at radius 2 is 1.77 bits per heavy atom. The van der Waals surface area contributed by atoms with Gasteiger partial charge in [-0.25, -0.2) is 13.8 Å². The molecule has 0 amide bonds. The smallest absolute Gasteiger partial charge is 0.296 e. The van der Waals surface area contributed by atoms with E-state index in [-0.39, 0.29) is 11.4 Å². The van der Waals surface area contributed by atoms with Gasteiger partial charge in [0, 0.05) is 38.3 Å². The first-order valence-corrected chi connectivity index (χ1v) is 14.0. The molecule has 39 heavy (non-hydrogen) atoms. The number of hydrogen-bond donors (Lipinski definition) is 1. The predicted molar refractivity (Wildman–Crippen MR) is 146 cm³/mol. The van der Waals surface area contributed by atoms with Gasteiger partial charge >= 0.3 is 0 Å². The van der Waals surface area contributed by atoms with Gasteiger partial charge in [-0.3, -0.25) is 9.47 Å². The Morgan fingerprint density at radius 3 is 2.49 bits per heavy atom. The van der Waals surface area contributed by atoms with Crippen molar-refractivity contribution in [1.29, 1.82) is 0 Å². The number of imidazole rings is 1. The molecule has 9 nitrogen and oxygen atoms in total. The first kappa shape index (κ1) is 26.3. The van der Waals surface area contributed by atoms with Gasteiger partial charge in [0.1, 0.15) is 18.4 Å². The number of alkyl halides is 2. The maximum atomic E-state index is 14.1. The molecular weight excluding hydrogens is 504 g/mol. The van der Waals surface area contributed by atoms with E-state index in [0.29, 0.717) is 66.9 Å². The molecule has 0 unspecified atom stereocenters. The molecule has 1 aromatic carbocycles. The fraction of sp³-hybridized carbons (Fsp3) is 0.607. The second-order valence-electron chi connectivity index (χ2n) is 11.4. The zero-order chi connectivity index (χ0) is 27.0. The molecule has 1 saturated carbocycles. The molecule has 210 valence electrons. The van der Waals surface area contributed by atoms with Gasteiger partial charge in [0.2, 0.25) is 5.95 Å². The van der Waals surface area contributed by atoms with Crippen molar-refractivity contribution in [2.75, 3.05) is 56.3 Å². The number of ether oxygens (including phenoxy) is 2. The van der Waals surface area contributed by atoms with E-state index in [1.165, 1.54) is 4.57 Å². The minimum atomic E-state index is -2.74. The van der Waals surface area contributed by atoms with Gasteiger partial charge in [0.05, 0.1) is 29.8 Å². The average molecular weight is 542 g/mol. The van der Waals surface area contributed by atoms with Crippen molar-refractivity contribution in [3.8, 4) is 5.82 Å². The number of aromatic nitrogens is 4. The van der Waals surface area contributed by atoms with Crippen LogP contribution < -0.4 is 10.2 Å². The van der Waals surface area contributed by atoms with Crippen molar-refractivity contribution in [2.45, 2.75) is 57.6 Å². The van der Waals surface area contributed by atoms with Crippen LogP contribution >= 0.6 is 0 Å². The second kappa shape index (κ2) is 10.9. The van der Waals surface area contributed by atoms with E-state index in [0.717, 1.165) is 45.5 Å².